The van der Waals surface area contributed by atoms with E-state index in [1.165, 1.54) is 0 Å². The quantitative estimate of drug-likeness (QED) is 0.757. The molecule has 0 bridgehead atoms. The van der Waals surface area contributed by atoms with Crippen molar-refractivity contribution in [3.05, 3.63) is 24.5 Å². The van der Waals surface area contributed by atoms with Crippen LogP contribution >= 0.6 is 15.9 Å². The van der Waals surface area contributed by atoms with Crippen molar-refractivity contribution < 1.29 is 4.79 Å². The van der Waals surface area contributed by atoms with Gasteiger partial charge in [-0.2, -0.15) is 0 Å². The second-order valence-corrected chi connectivity index (χ2v) is 5.05. The van der Waals surface area contributed by atoms with Gasteiger partial charge in [0, 0.05) is 25.1 Å². The number of anilines is 1. The van der Waals surface area contributed by atoms with Gasteiger partial charge in [-0.05, 0) is 25.0 Å². The molecule has 1 saturated carbocycles. The van der Waals surface area contributed by atoms with Gasteiger partial charge >= 0.3 is 0 Å². The predicted molar refractivity (Wildman–Crippen MR) is 58.5 cm³/mol. The largest absolute Gasteiger partial charge is 0.314 e. The van der Waals surface area contributed by atoms with Gasteiger partial charge in [0.25, 0.3) is 0 Å². The summed E-state index contributed by atoms with van der Waals surface area (Å²) in [6.07, 6.45) is 5.24. The summed E-state index contributed by atoms with van der Waals surface area (Å²) in [7, 11) is 1.79. The van der Waals surface area contributed by atoms with Crippen LogP contribution < -0.4 is 4.90 Å². The molecule has 74 valence electrons. The Morgan fingerprint density at radius 1 is 1.50 bits per heavy atom. The Labute approximate surface area is 91.3 Å². The van der Waals surface area contributed by atoms with Crippen LogP contribution in [0, 0.1) is 0 Å². The van der Waals surface area contributed by atoms with E-state index in [1.807, 2.05) is 12.1 Å². The van der Waals surface area contributed by atoms with Crippen LogP contribution in [0.5, 0.6) is 0 Å². The van der Waals surface area contributed by atoms with Crippen LogP contribution in [0.25, 0.3) is 0 Å². The summed E-state index contributed by atoms with van der Waals surface area (Å²) in [4.78, 5) is 17.5. The maximum atomic E-state index is 11.9. The number of hydrogen-bond donors (Lipinski definition) is 0. The van der Waals surface area contributed by atoms with E-state index in [9.17, 15) is 4.79 Å². The first-order valence-electron chi connectivity index (χ1n) is 4.51. The van der Waals surface area contributed by atoms with Crippen LogP contribution in [0.4, 0.5) is 5.69 Å². The molecule has 0 unspecified atom stereocenters. The molecule has 2 rings (SSSR count). The molecule has 0 saturated heterocycles. The average molecular weight is 255 g/mol. The van der Waals surface area contributed by atoms with E-state index in [4.69, 9.17) is 0 Å². The molecule has 1 aliphatic carbocycles. The van der Waals surface area contributed by atoms with E-state index in [2.05, 4.69) is 20.9 Å². The Morgan fingerprint density at radius 3 is 2.57 bits per heavy atom. The van der Waals surface area contributed by atoms with Crippen molar-refractivity contribution >= 4 is 27.5 Å². The fourth-order valence-corrected chi connectivity index (χ4v) is 1.77. The minimum Gasteiger partial charge on any atom is -0.314 e. The summed E-state index contributed by atoms with van der Waals surface area (Å²) in [5.74, 6) is 0.128. The van der Waals surface area contributed by atoms with Gasteiger partial charge in [-0.3, -0.25) is 9.78 Å². The molecule has 3 nitrogen and oxygen atoms in total. The summed E-state index contributed by atoms with van der Waals surface area (Å²) in [6.45, 7) is 0. The molecule has 1 fully saturated rings. The minimum absolute atomic E-state index is 0.128. The molecule has 1 amide bonds. The molecule has 0 spiro atoms. The van der Waals surface area contributed by atoms with Gasteiger partial charge in [0.15, 0.2) is 0 Å². The Bertz CT molecular complexity index is 348. The Balaban J connectivity index is 2.16. The smallest absolute Gasteiger partial charge is 0.243 e. The minimum atomic E-state index is -0.287. The first kappa shape index (κ1) is 9.65. The van der Waals surface area contributed by atoms with Crippen molar-refractivity contribution in [2.24, 2.45) is 0 Å². The zero-order valence-corrected chi connectivity index (χ0v) is 9.49. The summed E-state index contributed by atoms with van der Waals surface area (Å²) < 4.78 is -0.287. The van der Waals surface area contributed by atoms with Crippen molar-refractivity contribution in [3.8, 4) is 0 Å². The lowest BCUT2D eigenvalue weighted by atomic mass is 10.3. The Kier molecular flexibility index (Phi) is 2.31. The molecule has 4 heteroatoms. The van der Waals surface area contributed by atoms with E-state index < -0.39 is 0 Å². The molecule has 0 N–H and O–H groups in total. The third kappa shape index (κ3) is 1.66. The van der Waals surface area contributed by atoms with E-state index in [1.54, 1.807) is 24.3 Å². The predicted octanol–water partition coefficient (Wildman–Crippen LogP) is 1.97. The zero-order valence-electron chi connectivity index (χ0n) is 7.90. The maximum Gasteiger partial charge on any atom is 0.243 e. The van der Waals surface area contributed by atoms with Gasteiger partial charge in [-0.15, -0.1) is 0 Å². The number of carbonyl (C=O) groups excluding carboxylic acids is 1. The first-order chi connectivity index (χ1) is 6.63. The van der Waals surface area contributed by atoms with Gasteiger partial charge in [0.2, 0.25) is 5.91 Å². The van der Waals surface area contributed by atoms with Gasteiger partial charge in [0.05, 0.1) is 0 Å². The topological polar surface area (TPSA) is 33.2 Å². The molecule has 0 aromatic carbocycles. The Morgan fingerprint density at radius 2 is 2.07 bits per heavy atom. The lowest BCUT2D eigenvalue weighted by molar-refractivity contribution is -0.118. The lowest BCUT2D eigenvalue weighted by Crippen LogP contribution is -2.34. The highest BCUT2D eigenvalue weighted by Gasteiger charge is 2.49. The van der Waals surface area contributed by atoms with E-state index in [0.29, 0.717) is 0 Å². The number of carbonyl (C=O) groups is 1. The second-order valence-electron chi connectivity index (χ2n) is 3.53. The van der Waals surface area contributed by atoms with Gasteiger partial charge in [-0.25, -0.2) is 0 Å². The third-order valence-corrected chi connectivity index (χ3v) is 3.56. The van der Waals surface area contributed by atoms with Gasteiger partial charge < -0.3 is 4.90 Å². The monoisotopic (exact) mass is 254 g/mol. The molecule has 14 heavy (non-hydrogen) atoms. The third-order valence-electron chi connectivity index (χ3n) is 2.43. The van der Waals surface area contributed by atoms with Crippen LogP contribution in [0.2, 0.25) is 0 Å². The molecular formula is C10H11BrN2O. The van der Waals surface area contributed by atoms with Crippen LogP contribution in [0.1, 0.15) is 12.8 Å². The SMILES string of the molecule is CN(C(=O)C1(Br)CC1)c1ccncc1. The first-order valence-corrected chi connectivity index (χ1v) is 5.30. The normalized spacial score (nSPS) is 17.6. The van der Waals surface area contributed by atoms with Crippen molar-refractivity contribution in [1.29, 1.82) is 0 Å². The summed E-state index contributed by atoms with van der Waals surface area (Å²) in [5, 5.41) is 0. The van der Waals surface area contributed by atoms with E-state index in [-0.39, 0.29) is 10.2 Å². The number of nitrogens with zero attached hydrogens (tertiary/aromatic N) is 2. The van der Waals surface area contributed by atoms with Crippen LogP contribution in [-0.2, 0) is 4.79 Å². The zero-order chi connectivity index (χ0) is 10.2. The summed E-state index contributed by atoms with van der Waals surface area (Å²) >= 11 is 3.45. The van der Waals surface area contributed by atoms with Crippen LogP contribution in [0.15, 0.2) is 24.5 Å². The second kappa shape index (κ2) is 3.35. The molecular weight excluding hydrogens is 244 g/mol. The van der Waals surface area contributed by atoms with E-state index >= 15 is 0 Å². The molecule has 1 aromatic heterocycles. The Hall–Kier alpha value is -0.900. The number of pyridine rings is 1. The molecule has 1 aliphatic rings. The van der Waals surface area contributed by atoms with Gasteiger partial charge in [-0.1, -0.05) is 15.9 Å². The van der Waals surface area contributed by atoms with Crippen molar-refractivity contribution in [2.45, 2.75) is 17.2 Å². The number of alkyl halides is 1. The lowest BCUT2D eigenvalue weighted by Gasteiger charge is -2.19. The number of amides is 1. The van der Waals surface area contributed by atoms with Crippen molar-refractivity contribution in [2.75, 3.05) is 11.9 Å². The van der Waals surface area contributed by atoms with Gasteiger partial charge in [0.1, 0.15) is 4.32 Å². The molecule has 1 aromatic rings. The molecule has 1 heterocycles. The standard InChI is InChI=1S/C10H11BrN2O/c1-13(8-2-6-12-7-3-8)9(14)10(11)4-5-10/h2-3,6-7H,4-5H2,1H3. The highest BCUT2D eigenvalue weighted by molar-refractivity contribution is 9.10. The number of aromatic nitrogens is 1. The molecule has 0 aliphatic heterocycles. The fourth-order valence-electron chi connectivity index (χ4n) is 1.31. The van der Waals surface area contributed by atoms with Crippen LogP contribution in [-0.4, -0.2) is 22.3 Å². The highest BCUT2D eigenvalue weighted by Crippen LogP contribution is 2.46. The molecule has 0 radical (unpaired) electrons. The summed E-state index contributed by atoms with van der Waals surface area (Å²) in [5.41, 5.74) is 0.885. The van der Waals surface area contributed by atoms with Crippen LogP contribution in [0.3, 0.4) is 0 Å². The van der Waals surface area contributed by atoms with E-state index in [0.717, 1.165) is 18.5 Å². The van der Waals surface area contributed by atoms with Crippen molar-refractivity contribution in [1.82, 2.24) is 4.98 Å². The number of hydrogen-bond acceptors (Lipinski definition) is 2. The average Bonchev–Trinajstić information content (AvgIpc) is 2.97. The highest BCUT2D eigenvalue weighted by atomic mass is 79.9. The maximum absolute atomic E-state index is 11.9. The number of halogens is 1. The number of rotatable bonds is 2. The van der Waals surface area contributed by atoms with Crippen molar-refractivity contribution in [3.63, 3.8) is 0 Å². The molecule has 0 atom stereocenters. The fraction of sp³-hybridized carbons (Fsp3) is 0.400. The summed E-state index contributed by atoms with van der Waals surface area (Å²) in [6, 6.07) is 3.66.